The molecule has 7 heteroatoms. The van der Waals surface area contributed by atoms with Gasteiger partial charge in [-0.05, 0) is 49.8 Å². The van der Waals surface area contributed by atoms with E-state index in [1.165, 1.54) is 11.8 Å². The summed E-state index contributed by atoms with van der Waals surface area (Å²) < 4.78 is 46.2. The number of carbonyl (C=O) groups excluding carboxylic acids is 1. The minimum absolute atomic E-state index is 0.121. The van der Waals surface area contributed by atoms with Gasteiger partial charge >= 0.3 is 12.1 Å². The molecule has 3 rings (SSSR count). The monoisotopic (exact) mass is 352 g/mol. The van der Waals surface area contributed by atoms with Gasteiger partial charge in [-0.2, -0.15) is 18.3 Å². The molecule has 0 aliphatic heterocycles. The maximum atomic E-state index is 13.3. The summed E-state index contributed by atoms with van der Waals surface area (Å²) in [6.45, 7) is 1.94. The molecule has 25 heavy (non-hydrogen) atoms. The number of hydrogen-bond donors (Lipinski definition) is 0. The van der Waals surface area contributed by atoms with Gasteiger partial charge in [-0.15, -0.1) is 0 Å². The number of alkyl halides is 3. The predicted molar refractivity (Wildman–Crippen MR) is 85.5 cm³/mol. The number of esters is 1. The molecule has 0 atom stereocenters. The van der Waals surface area contributed by atoms with Gasteiger partial charge in [-0.1, -0.05) is 12.1 Å². The lowest BCUT2D eigenvalue weighted by Crippen LogP contribution is -2.14. The first-order valence-electron chi connectivity index (χ1n) is 8.15. The van der Waals surface area contributed by atoms with Crippen LogP contribution in [0, 0.1) is 6.92 Å². The van der Waals surface area contributed by atoms with Gasteiger partial charge in [-0.25, -0.2) is 4.79 Å². The Morgan fingerprint density at radius 3 is 2.68 bits per heavy atom. The van der Waals surface area contributed by atoms with Crippen LogP contribution in [0.15, 0.2) is 18.2 Å². The lowest BCUT2D eigenvalue weighted by molar-refractivity contribution is -0.142. The number of halogens is 3. The third-order valence-corrected chi connectivity index (χ3v) is 4.65. The van der Waals surface area contributed by atoms with Crippen molar-refractivity contribution < 1.29 is 22.7 Å². The zero-order valence-electron chi connectivity index (χ0n) is 14.1. The highest BCUT2D eigenvalue weighted by molar-refractivity contribution is 5.91. The van der Waals surface area contributed by atoms with E-state index in [1.54, 1.807) is 12.1 Å². The average Bonchev–Trinajstić information content (AvgIpc) is 2.95. The molecule has 4 nitrogen and oxygen atoms in total. The van der Waals surface area contributed by atoms with Crippen molar-refractivity contribution in [2.24, 2.45) is 0 Å². The molecule has 0 saturated heterocycles. The first kappa shape index (κ1) is 17.5. The highest BCUT2D eigenvalue weighted by Crippen LogP contribution is 2.36. The van der Waals surface area contributed by atoms with Crippen molar-refractivity contribution in [2.75, 3.05) is 7.11 Å². The van der Waals surface area contributed by atoms with Crippen LogP contribution in [0.1, 0.15) is 51.3 Å². The number of carbonyl (C=O) groups is 1. The number of aromatic nitrogens is 2. The smallest absolute Gasteiger partial charge is 0.435 e. The molecule has 0 unspecified atom stereocenters. The first-order chi connectivity index (χ1) is 11.8. The summed E-state index contributed by atoms with van der Waals surface area (Å²) >= 11 is 0. The Kier molecular flexibility index (Phi) is 4.58. The van der Waals surface area contributed by atoms with Crippen molar-refractivity contribution in [1.29, 1.82) is 0 Å². The Morgan fingerprint density at radius 1 is 1.28 bits per heavy atom. The quantitative estimate of drug-likeness (QED) is 0.787. The third kappa shape index (κ3) is 3.27. The maximum Gasteiger partial charge on any atom is 0.435 e. The number of benzene rings is 1. The van der Waals surface area contributed by atoms with Gasteiger partial charge in [0.2, 0.25) is 0 Å². The zero-order chi connectivity index (χ0) is 18.2. The van der Waals surface area contributed by atoms with Crippen LogP contribution in [0.2, 0.25) is 0 Å². The van der Waals surface area contributed by atoms with Gasteiger partial charge in [0, 0.05) is 11.3 Å². The fourth-order valence-corrected chi connectivity index (χ4v) is 3.39. The number of rotatable bonds is 3. The molecule has 0 bridgehead atoms. The lowest BCUT2D eigenvalue weighted by atomic mass is 9.95. The van der Waals surface area contributed by atoms with Crippen molar-refractivity contribution in [3.05, 3.63) is 51.8 Å². The molecular weight excluding hydrogens is 333 g/mol. The Labute approximate surface area is 143 Å². The Hall–Kier alpha value is -2.31. The topological polar surface area (TPSA) is 44.1 Å². The van der Waals surface area contributed by atoms with Gasteiger partial charge in [-0.3, -0.25) is 4.68 Å². The van der Waals surface area contributed by atoms with Gasteiger partial charge in [0.05, 0.1) is 19.2 Å². The number of aryl methyl sites for hydroxylation is 1. The Bertz CT molecular complexity index is 809. The highest BCUT2D eigenvalue weighted by atomic mass is 19.4. The van der Waals surface area contributed by atoms with Gasteiger partial charge in [0.1, 0.15) is 0 Å². The van der Waals surface area contributed by atoms with E-state index in [2.05, 4.69) is 5.10 Å². The normalized spacial score (nSPS) is 14.3. The van der Waals surface area contributed by atoms with Crippen LogP contribution < -0.4 is 0 Å². The zero-order valence-corrected chi connectivity index (χ0v) is 14.1. The molecule has 0 radical (unpaired) electrons. The lowest BCUT2D eigenvalue weighted by Gasteiger charge is -2.16. The van der Waals surface area contributed by atoms with E-state index < -0.39 is 17.8 Å². The van der Waals surface area contributed by atoms with Crippen molar-refractivity contribution >= 4 is 5.97 Å². The minimum atomic E-state index is -4.47. The van der Waals surface area contributed by atoms with Crippen molar-refractivity contribution in [3.8, 4) is 0 Å². The van der Waals surface area contributed by atoms with Crippen LogP contribution in [-0.4, -0.2) is 22.9 Å². The van der Waals surface area contributed by atoms with E-state index in [0.717, 1.165) is 18.4 Å². The molecule has 1 aromatic heterocycles. The number of fused-ring (bicyclic) bond motifs is 1. The first-order valence-corrected chi connectivity index (χ1v) is 8.15. The largest absolute Gasteiger partial charge is 0.465 e. The van der Waals surface area contributed by atoms with Crippen LogP contribution in [0.3, 0.4) is 0 Å². The Morgan fingerprint density at radius 2 is 2.00 bits per heavy atom. The molecule has 1 aliphatic carbocycles. The Balaban J connectivity index is 2.08. The second-order valence-corrected chi connectivity index (χ2v) is 6.23. The second-order valence-electron chi connectivity index (χ2n) is 6.23. The average molecular weight is 352 g/mol. The van der Waals surface area contributed by atoms with E-state index in [4.69, 9.17) is 4.74 Å². The van der Waals surface area contributed by atoms with E-state index >= 15 is 0 Å². The molecule has 134 valence electrons. The van der Waals surface area contributed by atoms with Crippen LogP contribution in [0.4, 0.5) is 13.2 Å². The summed E-state index contributed by atoms with van der Waals surface area (Å²) in [5, 5.41) is 3.87. The summed E-state index contributed by atoms with van der Waals surface area (Å²) in [5.74, 6) is -0.504. The number of nitrogens with zero attached hydrogens (tertiary/aromatic N) is 2. The standard InChI is InChI=1S/C18H19F3N2O2/c1-11-6-5-8-12(17(24)25-2)14(11)10-23-15-9-4-3-7-13(15)16(22-23)18(19,20)21/h5-6,8H,3-4,7,9-10H2,1-2H3. The predicted octanol–water partition coefficient (Wildman–Crippen LogP) is 3.92. The number of hydrogen-bond acceptors (Lipinski definition) is 3. The highest BCUT2D eigenvalue weighted by Gasteiger charge is 2.39. The molecular formula is C18H19F3N2O2. The summed E-state index contributed by atoms with van der Waals surface area (Å²) in [7, 11) is 1.28. The molecule has 1 heterocycles. The van der Waals surface area contributed by atoms with Crippen LogP contribution in [0.25, 0.3) is 0 Å². The summed E-state index contributed by atoms with van der Waals surface area (Å²) in [5.41, 5.74) is 1.94. The summed E-state index contributed by atoms with van der Waals surface area (Å²) in [6, 6.07) is 5.17. The maximum absolute atomic E-state index is 13.3. The molecule has 0 amide bonds. The van der Waals surface area contributed by atoms with E-state index in [-0.39, 0.29) is 6.54 Å². The van der Waals surface area contributed by atoms with E-state index in [9.17, 15) is 18.0 Å². The summed E-state index contributed by atoms with van der Waals surface area (Å²) in [4.78, 5) is 12.0. The molecule has 0 spiro atoms. The van der Waals surface area contributed by atoms with Crippen LogP contribution in [0.5, 0.6) is 0 Å². The fourth-order valence-electron chi connectivity index (χ4n) is 3.39. The third-order valence-electron chi connectivity index (χ3n) is 4.65. The molecule has 1 aromatic carbocycles. The van der Waals surface area contributed by atoms with Crippen LogP contribution in [-0.2, 0) is 30.3 Å². The number of ether oxygens (including phenoxy) is 1. The van der Waals surface area contributed by atoms with Gasteiger partial charge in [0.25, 0.3) is 0 Å². The minimum Gasteiger partial charge on any atom is -0.465 e. The van der Waals surface area contributed by atoms with Crippen LogP contribution >= 0.6 is 0 Å². The molecule has 2 aromatic rings. The van der Waals surface area contributed by atoms with E-state index in [1.807, 2.05) is 13.0 Å². The van der Waals surface area contributed by atoms with E-state index in [0.29, 0.717) is 35.2 Å². The van der Waals surface area contributed by atoms with Gasteiger partial charge < -0.3 is 4.74 Å². The van der Waals surface area contributed by atoms with Crippen molar-refractivity contribution in [3.63, 3.8) is 0 Å². The van der Waals surface area contributed by atoms with Gasteiger partial charge in [0.15, 0.2) is 5.69 Å². The number of methoxy groups -OCH3 is 1. The second kappa shape index (κ2) is 6.54. The SMILES string of the molecule is COC(=O)c1cccc(C)c1Cn1nc(C(F)(F)F)c2c1CCCC2. The molecule has 1 aliphatic rings. The molecule has 0 fully saturated rings. The molecule has 0 saturated carbocycles. The molecule has 0 N–H and O–H groups in total. The summed E-state index contributed by atoms with van der Waals surface area (Å²) in [6.07, 6.45) is -1.93. The van der Waals surface area contributed by atoms with Crippen molar-refractivity contribution in [2.45, 2.75) is 45.3 Å². The fraction of sp³-hybridized carbons (Fsp3) is 0.444. The van der Waals surface area contributed by atoms with Crippen molar-refractivity contribution in [1.82, 2.24) is 9.78 Å².